The van der Waals surface area contributed by atoms with Gasteiger partial charge in [0.05, 0.1) is 4.91 Å². The van der Waals surface area contributed by atoms with Crippen LogP contribution in [0.15, 0.2) is 27.6 Å². The SMILES string of the molecule is O=C1NC(=O)/C(=C/C([O-])=N/c2nccs2)S1. The van der Waals surface area contributed by atoms with Crippen LogP contribution in [0.4, 0.5) is 9.93 Å². The third-order valence-corrected chi connectivity index (χ3v) is 3.00. The summed E-state index contributed by atoms with van der Waals surface area (Å²) in [5, 5.41) is 14.9. The smallest absolute Gasteiger partial charge is 0.290 e. The van der Waals surface area contributed by atoms with Crippen LogP contribution < -0.4 is 10.4 Å². The number of rotatable bonds is 2. The van der Waals surface area contributed by atoms with Crippen LogP contribution in [0.2, 0.25) is 0 Å². The number of aromatic nitrogens is 1. The molecule has 1 fully saturated rings. The average Bonchev–Trinajstić information content (AvgIpc) is 2.78. The second-order valence-electron chi connectivity index (χ2n) is 2.62. The van der Waals surface area contributed by atoms with E-state index in [2.05, 4.69) is 9.98 Å². The van der Waals surface area contributed by atoms with Gasteiger partial charge in [-0.15, -0.1) is 11.3 Å². The fraction of sp³-hybridized carbons (Fsp3) is 0. The maximum Gasteiger partial charge on any atom is 0.290 e. The number of imide groups is 1. The van der Waals surface area contributed by atoms with Crippen LogP contribution in [-0.2, 0) is 4.79 Å². The Balaban J connectivity index is 2.18. The Labute approximate surface area is 98.1 Å². The van der Waals surface area contributed by atoms with E-state index in [0.717, 1.165) is 6.08 Å². The number of nitrogens with zero attached hydrogens (tertiary/aromatic N) is 2. The minimum atomic E-state index is -0.609. The lowest BCUT2D eigenvalue weighted by Crippen LogP contribution is -2.20. The average molecular weight is 254 g/mol. The zero-order valence-electron chi connectivity index (χ0n) is 7.67. The number of amides is 2. The van der Waals surface area contributed by atoms with Crippen molar-refractivity contribution in [2.45, 2.75) is 0 Å². The van der Waals surface area contributed by atoms with Gasteiger partial charge in [-0.2, -0.15) is 0 Å². The van der Waals surface area contributed by atoms with E-state index in [-0.39, 0.29) is 4.91 Å². The van der Waals surface area contributed by atoms with Crippen molar-refractivity contribution in [1.82, 2.24) is 10.3 Å². The van der Waals surface area contributed by atoms with Crippen molar-refractivity contribution in [3.63, 3.8) is 0 Å². The molecule has 2 rings (SSSR count). The standard InChI is InChI=1S/C8H5N3O3S2/c12-5(10-7-9-1-2-15-7)3-4-6(13)11-8(14)16-4/h1-3H,(H,9,10,12)(H,11,13,14)/p-1/b4-3-. The summed E-state index contributed by atoms with van der Waals surface area (Å²) in [6.45, 7) is 0. The molecule has 1 aliphatic heterocycles. The van der Waals surface area contributed by atoms with Gasteiger partial charge in [0.1, 0.15) is 0 Å². The van der Waals surface area contributed by atoms with E-state index in [4.69, 9.17) is 0 Å². The lowest BCUT2D eigenvalue weighted by molar-refractivity contribution is -0.211. The number of hydrogen-bond donors (Lipinski definition) is 1. The first kappa shape index (κ1) is 10.8. The van der Waals surface area contributed by atoms with E-state index in [1.807, 2.05) is 5.32 Å². The topological polar surface area (TPSA) is 94.5 Å². The predicted octanol–water partition coefficient (Wildman–Crippen LogP) is 0.400. The van der Waals surface area contributed by atoms with Crippen molar-refractivity contribution in [2.75, 3.05) is 0 Å². The summed E-state index contributed by atoms with van der Waals surface area (Å²) in [7, 11) is 0. The van der Waals surface area contributed by atoms with Crippen molar-refractivity contribution in [3.8, 4) is 0 Å². The molecule has 2 amide bonds. The third kappa shape index (κ3) is 2.47. The fourth-order valence-corrected chi connectivity index (χ4v) is 2.09. The number of carbonyl (C=O) groups is 2. The predicted molar refractivity (Wildman–Crippen MR) is 58.4 cm³/mol. The molecule has 82 valence electrons. The van der Waals surface area contributed by atoms with E-state index in [0.29, 0.717) is 16.9 Å². The molecule has 0 unspecified atom stereocenters. The van der Waals surface area contributed by atoms with Crippen molar-refractivity contribution < 1.29 is 14.7 Å². The zero-order chi connectivity index (χ0) is 11.5. The Morgan fingerprint density at radius 2 is 2.38 bits per heavy atom. The molecule has 6 nitrogen and oxygen atoms in total. The van der Waals surface area contributed by atoms with Crippen LogP contribution in [0.3, 0.4) is 0 Å². The largest absolute Gasteiger partial charge is 0.859 e. The van der Waals surface area contributed by atoms with E-state index in [1.165, 1.54) is 17.5 Å². The highest BCUT2D eigenvalue weighted by atomic mass is 32.2. The summed E-state index contributed by atoms with van der Waals surface area (Å²) in [4.78, 5) is 29.4. The molecule has 1 aromatic rings. The summed E-state index contributed by atoms with van der Waals surface area (Å²) < 4.78 is 0. The van der Waals surface area contributed by atoms with Crippen molar-refractivity contribution in [2.24, 2.45) is 4.99 Å². The van der Waals surface area contributed by atoms with E-state index in [1.54, 1.807) is 5.38 Å². The number of thiazole rings is 1. The molecule has 0 bridgehead atoms. The summed E-state index contributed by atoms with van der Waals surface area (Å²) in [5.41, 5.74) is 0. The maximum atomic E-state index is 11.3. The Bertz CT molecular complexity index is 493. The van der Waals surface area contributed by atoms with Crippen LogP contribution >= 0.6 is 23.1 Å². The highest BCUT2D eigenvalue weighted by molar-refractivity contribution is 8.18. The van der Waals surface area contributed by atoms with Gasteiger partial charge in [0.15, 0.2) is 0 Å². The van der Waals surface area contributed by atoms with E-state index >= 15 is 0 Å². The van der Waals surface area contributed by atoms with E-state index in [9.17, 15) is 14.7 Å². The van der Waals surface area contributed by atoms with Crippen LogP contribution in [0, 0.1) is 0 Å². The summed E-state index contributed by atoms with van der Waals surface area (Å²) in [6, 6.07) is 0. The molecule has 1 N–H and O–H groups in total. The third-order valence-electron chi connectivity index (χ3n) is 1.52. The lowest BCUT2D eigenvalue weighted by atomic mass is 10.4. The Morgan fingerprint density at radius 1 is 1.56 bits per heavy atom. The monoisotopic (exact) mass is 254 g/mol. The van der Waals surface area contributed by atoms with E-state index < -0.39 is 17.0 Å². The molecular weight excluding hydrogens is 250 g/mol. The van der Waals surface area contributed by atoms with Crippen LogP contribution in [-0.4, -0.2) is 22.0 Å². The summed E-state index contributed by atoms with van der Waals surface area (Å²) in [6.07, 6.45) is 2.54. The molecule has 0 saturated carbocycles. The Morgan fingerprint density at radius 3 is 2.94 bits per heavy atom. The number of nitrogens with one attached hydrogen (secondary N) is 1. The van der Waals surface area contributed by atoms with Crippen LogP contribution in [0.5, 0.6) is 0 Å². The minimum absolute atomic E-state index is 0.0512. The normalized spacial score (nSPS) is 19.2. The van der Waals surface area contributed by atoms with Crippen molar-refractivity contribution in [3.05, 3.63) is 22.6 Å². The molecule has 16 heavy (non-hydrogen) atoms. The second kappa shape index (κ2) is 4.45. The Kier molecular flexibility index (Phi) is 3.02. The first-order valence-electron chi connectivity index (χ1n) is 4.05. The highest BCUT2D eigenvalue weighted by Crippen LogP contribution is 2.23. The van der Waals surface area contributed by atoms with Gasteiger partial charge in [-0.25, -0.2) is 9.98 Å². The van der Waals surface area contributed by atoms with Gasteiger partial charge in [-0.3, -0.25) is 14.9 Å². The molecule has 1 saturated heterocycles. The molecule has 0 aliphatic carbocycles. The molecular formula is C8H4N3O3S2-. The number of hydrogen-bond acceptors (Lipinski definition) is 7. The van der Waals surface area contributed by atoms with Gasteiger partial charge in [0.2, 0.25) is 5.13 Å². The number of carbonyl (C=O) groups excluding carboxylic acids is 2. The minimum Gasteiger partial charge on any atom is -0.859 e. The molecule has 2 heterocycles. The number of thioether (sulfide) groups is 1. The van der Waals surface area contributed by atoms with Gasteiger partial charge in [0.25, 0.3) is 11.1 Å². The summed E-state index contributed by atoms with van der Waals surface area (Å²) in [5.74, 6) is -1.18. The zero-order valence-corrected chi connectivity index (χ0v) is 9.30. The summed E-state index contributed by atoms with van der Waals surface area (Å²) >= 11 is 1.89. The lowest BCUT2D eigenvalue weighted by Gasteiger charge is -2.02. The van der Waals surface area contributed by atoms with Gasteiger partial charge in [-0.1, -0.05) is 0 Å². The molecule has 0 atom stereocenters. The quantitative estimate of drug-likeness (QED) is 0.468. The molecule has 0 radical (unpaired) electrons. The second-order valence-corrected chi connectivity index (χ2v) is 4.50. The first-order valence-corrected chi connectivity index (χ1v) is 5.75. The molecule has 0 spiro atoms. The van der Waals surface area contributed by atoms with Crippen LogP contribution in [0.25, 0.3) is 0 Å². The Hall–Kier alpha value is -1.67. The van der Waals surface area contributed by atoms with Gasteiger partial charge in [-0.05, 0) is 23.7 Å². The molecule has 1 aliphatic rings. The van der Waals surface area contributed by atoms with Gasteiger partial charge >= 0.3 is 0 Å². The van der Waals surface area contributed by atoms with Gasteiger partial charge < -0.3 is 5.11 Å². The molecule has 8 heteroatoms. The van der Waals surface area contributed by atoms with Crippen LogP contribution in [0.1, 0.15) is 0 Å². The maximum absolute atomic E-state index is 11.3. The van der Waals surface area contributed by atoms with Gasteiger partial charge in [0, 0.05) is 11.6 Å². The van der Waals surface area contributed by atoms with Crippen molar-refractivity contribution >= 4 is 45.3 Å². The number of aliphatic imine (C=N–C) groups is 1. The van der Waals surface area contributed by atoms with Crippen molar-refractivity contribution in [1.29, 1.82) is 0 Å². The fourth-order valence-electron chi connectivity index (χ4n) is 0.931. The molecule has 1 aromatic heterocycles. The highest BCUT2D eigenvalue weighted by Gasteiger charge is 2.24. The first-order chi connectivity index (χ1) is 7.65. The molecule has 0 aromatic carbocycles.